The molecule has 0 unspecified atom stereocenters. The predicted molar refractivity (Wildman–Crippen MR) is 67.5 cm³/mol. The second kappa shape index (κ2) is 4.89. The minimum atomic E-state index is -0.298. The topological polar surface area (TPSA) is 78.1 Å². The molecule has 0 saturated carbocycles. The highest BCUT2D eigenvalue weighted by atomic mass is 16.2. The lowest BCUT2D eigenvalue weighted by Gasteiger charge is -2.39. The average molecular weight is 250 g/mol. The molecule has 1 fully saturated rings. The monoisotopic (exact) mass is 250 g/mol. The van der Waals surface area contributed by atoms with Gasteiger partial charge in [0.25, 0.3) is 11.5 Å². The van der Waals surface area contributed by atoms with E-state index in [1.807, 2.05) is 7.05 Å². The van der Waals surface area contributed by atoms with Crippen molar-refractivity contribution in [2.24, 2.45) is 0 Å². The summed E-state index contributed by atoms with van der Waals surface area (Å²) in [6.45, 7) is 3.57. The van der Waals surface area contributed by atoms with Crippen LogP contribution in [0.2, 0.25) is 0 Å². The zero-order valence-electron chi connectivity index (χ0n) is 10.7. The average Bonchev–Trinajstić information content (AvgIpc) is 2.40. The molecule has 2 heterocycles. The number of nitrogens with one attached hydrogen (secondary N) is 2. The molecule has 18 heavy (non-hydrogen) atoms. The molecule has 0 aromatic carbocycles. The SMILES string of the molecule is CNC1(C)CCN(C(=O)c2c[nH]c(=O)cn2)CC1. The van der Waals surface area contributed by atoms with Gasteiger partial charge in [0.1, 0.15) is 5.69 Å². The maximum atomic E-state index is 12.1. The maximum Gasteiger partial charge on any atom is 0.273 e. The standard InChI is InChI=1S/C12H18N4O2/c1-12(13-2)3-5-16(6-4-12)11(18)9-7-15-10(17)8-14-9/h7-8,13H,3-6H2,1-2H3,(H,15,17). The van der Waals surface area contributed by atoms with Crippen molar-refractivity contribution in [3.63, 3.8) is 0 Å². The lowest BCUT2D eigenvalue weighted by molar-refractivity contribution is 0.0655. The molecule has 0 aliphatic carbocycles. The van der Waals surface area contributed by atoms with Crippen molar-refractivity contribution in [3.8, 4) is 0 Å². The third-order valence-corrected chi connectivity index (χ3v) is 3.65. The molecule has 6 heteroatoms. The molecular weight excluding hydrogens is 232 g/mol. The van der Waals surface area contributed by atoms with Gasteiger partial charge in [0.2, 0.25) is 0 Å². The third-order valence-electron chi connectivity index (χ3n) is 3.65. The fourth-order valence-corrected chi connectivity index (χ4v) is 2.07. The van der Waals surface area contributed by atoms with Crippen LogP contribution >= 0.6 is 0 Å². The van der Waals surface area contributed by atoms with E-state index < -0.39 is 0 Å². The van der Waals surface area contributed by atoms with E-state index in [0.717, 1.165) is 19.0 Å². The smallest absolute Gasteiger partial charge is 0.273 e. The lowest BCUT2D eigenvalue weighted by Crippen LogP contribution is -2.51. The first-order valence-corrected chi connectivity index (χ1v) is 6.07. The number of hydrogen-bond donors (Lipinski definition) is 2. The quantitative estimate of drug-likeness (QED) is 0.773. The number of amides is 1. The highest BCUT2D eigenvalue weighted by Gasteiger charge is 2.30. The van der Waals surface area contributed by atoms with E-state index in [-0.39, 0.29) is 17.0 Å². The molecule has 1 aliphatic heterocycles. The Bertz CT molecular complexity index is 469. The van der Waals surface area contributed by atoms with Crippen molar-refractivity contribution < 1.29 is 4.79 Å². The normalized spacial score (nSPS) is 18.7. The van der Waals surface area contributed by atoms with Crippen molar-refractivity contribution in [1.82, 2.24) is 20.2 Å². The zero-order chi connectivity index (χ0) is 13.2. The van der Waals surface area contributed by atoms with Crippen LogP contribution in [0.1, 0.15) is 30.3 Å². The van der Waals surface area contributed by atoms with Gasteiger partial charge in [0.05, 0.1) is 6.20 Å². The molecule has 2 rings (SSSR count). The van der Waals surface area contributed by atoms with Crippen LogP contribution in [0.25, 0.3) is 0 Å². The number of nitrogens with zero attached hydrogens (tertiary/aromatic N) is 2. The van der Waals surface area contributed by atoms with E-state index in [4.69, 9.17) is 0 Å². The summed E-state index contributed by atoms with van der Waals surface area (Å²) in [6.07, 6.45) is 4.34. The van der Waals surface area contributed by atoms with Gasteiger partial charge in [-0.15, -0.1) is 0 Å². The van der Waals surface area contributed by atoms with Crippen LogP contribution in [-0.2, 0) is 0 Å². The van der Waals surface area contributed by atoms with Crippen LogP contribution in [0.4, 0.5) is 0 Å². The molecule has 1 aromatic heterocycles. The Labute approximate surface area is 105 Å². The number of aromatic nitrogens is 2. The van der Waals surface area contributed by atoms with E-state index >= 15 is 0 Å². The molecule has 1 saturated heterocycles. The summed E-state index contributed by atoms with van der Waals surface area (Å²) in [5.74, 6) is -0.121. The molecule has 6 nitrogen and oxygen atoms in total. The molecule has 1 aromatic rings. The third kappa shape index (κ3) is 2.59. The largest absolute Gasteiger partial charge is 0.337 e. The fourth-order valence-electron chi connectivity index (χ4n) is 2.07. The number of H-pyrrole nitrogens is 1. The van der Waals surface area contributed by atoms with E-state index in [9.17, 15) is 9.59 Å². The van der Waals surface area contributed by atoms with Crippen LogP contribution in [0.5, 0.6) is 0 Å². The first-order valence-electron chi connectivity index (χ1n) is 6.07. The van der Waals surface area contributed by atoms with E-state index in [1.54, 1.807) is 4.90 Å². The number of carbonyl (C=O) groups excluding carboxylic acids is 1. The summed E-state index contributed by atoms with van der Waals surface area (Å²) < 4.78 is 0. The van der Waals surface area contributed by atoms with E-state index in [2.05, 4.69) is 22.2 Å². The Hall–Kier alpha value is -1.69. The van der Waals surface area contributed by atoms with Gasteiger partial charge in [0, 0.05) is 24.8 Å². The summed E-state index contributed by atoms with van der Waals surface area (Å²) in [5, 5.41) is 3.29. The summed E-state index contributed by atoms with van der Waals surface area (Å²) in [5.41, 5.74) is 0.102. The first kappa shape index (κ1) is 12.8. The highest BCUT2D eigenvalue weighted by Crippen LogP contribution is 2.21. The Morgan fingerprint density at radius 1 is 1.50 bits per heavy atom. The number of hydrogen-bond acceptors (Lipinski definition) is 4. The van der Waals surface area contributed by atoms with Crippen LogP contribution in [0.15, 0.2) is 17.2 Å². The van der Waals surface area contributed by atoms with Gasteiger partial charge in [-0.05, 0) is 26.8 Å². The second-order valence-electron chi connectivity index (χ2n) is 4.90. The maximum absolute atomic E-state index is 12.1. The predicted octanol–water partition coefficient (Wildman–Crippen LogP) is -0.0160. The molecule has 1 amide bonds. The molecule has 2 N–H and O–H groups in total. The lowest BCUT2D eigenvalue weighted by atomic mass is 9.90. The van der Waals surface area contributed by atoms with Gasteiger partial charge in [-0.2, -0.15) is 0 Å². The van der Waals surface area contributed by atoms with Gasteiger partial charge >= 0.3 is 0 Å². The molecule has 98 valence electrons. The number of aromatic amines is 1. The molecule has 0 atom stereocenters. The summed E-state index contributed by atoms with van der Waals surface area (Å²) in [6, 6.07) is 0. The summed E-state index contributed by atoms with van der Waals surface area (Å²) in [7, 11) is 1.95. The van der Waals surface area contributed by atoms with E-state index in [0.29, 0.717) is 18.8 Å². The van der Waals surface area contributed by atoms with Gasteiger partial charge in [-0.25, -0.2) is 4.98 Å². The van der Waals surface area contributed by atoms with Crippen LogP contribution in [0, 0.1) is 0 Å². The fraction of sp³-hybridized carbons (Fsp3) is 0.583. The van der Waals surface area contributed by atoms with Gasteiger partial charge in [0.15, 0.2) is 0 Å². The summed E-state index contributed by atoms with van der Waals surface area (Å²) in [4.78, 5) is 31.1. The number of rotatable bonds is 2. The van der Waals surface area contributed by atoms with Crippen molar-refractivity contribution in [2.75, 3.05) is 20.1 Å². The van der Waals surface area contributed by atoms with Crippen molar-refractivity contribution in [2.45, 2.75) is 25.3 Å². The number of carbonyl (C=O) groups is 1. The molecule has 0 bridgehead atoms. The molecule has 1 aliphatic rings. The second-order valence-corrected chi connectivity index (χ2v) is 4.90. The minimum Gasteiger partial charge on any atom is -0.337 e. The van der Waals surface area contributed by atoms with E-state index in [1.165, 1.54) is 6.20 Å². The van der Waals surface area contributed by atoms with Gasteiger partial charge < -0.3 is 15.2 Å². The van der Waals surface area contributed by atoms with Gasteiger partial charge in [-0.3, -0.25) is 9.59 Å². The molecule has 0 spiro atoms. The van der Waals surface area contributed by atoms with Crippen molar-refractivity contribution in [1.29, 1.82) is 0 Å². The van der Waals surface area contributed by atoms with Crippen LogP contribution < -0.4 is 10.9 Å². The van der Waals surface area contributed by atoms with Crippen molar-refractivity contribution in [3.05, 3.63) is 28.4 Å². The summed E-state index contributed by atoms with van der Waals surface area (Å²) >= 11 is 0. The Morgan fingerprint density at radius 2 is 2.17 bits per heavy atom. The van der Waals surface area contributed by atoms with Crippen LogP contribution in [0.3, 0.4) is 0 Å². The number of piperidine rings is 1. The molecule has 0 radical (unpaired) electrons. The number of likely N-dealkylation sites (tertiary alicyclic amines) is 1. The van der Waals surface area contributed by atoms with Crippen molar-refractivity contribution >= 4 is 5.91 Å². The first-order chi connectivity index (χ1) is 8.54. The Balaban J connectivity index is 2.04. The van der Waals surface area contributed by atoms with Crippen LogP contribution in [-0.4, -0.2) is 46.5 Å². The van der Waals surface area contributed by atoms with Gasteiger partial charge in [-0.1, -0.05) is 0 Å². The Morgan fingerprint density at radius 3 is 2.67 bits per heavy atom. The zero-order valence-corrected chi connectivity index (χ0v) is 10.7. The highest BCUT2D eigenvalue weighted by molar-refractivity contribution is 5.92. The minimum absolute atomic E-state index is 0.106. The Kier molecular flexibility index (Phi) is 3.47. The molecular formula is C12H18N4O2.